The number of hydrogen-bond donors (Lipinski definition) is 3. The first-order chi connectivity index (χ1) is 10.2. The smallest absolute Gasteiger partial charge is 0.253 e. The minimum absolute atomic E-state index is 0. The normalized spacial score (nSPS) is 24.9. The van der Waals surface area contributed by atoms with E-state index < -0.39 is 0 Å². The Bertz CT molecular complexity index is 554. The fourth-order valence-corrected chi connectivity index (χ4v) is 3.50. The van der Waals surface area contributed by atoms with Crippen molar-refractivity contribution < 1.29 is 9.59 Å². The van der Waals surface area contributed by atoms with Gasteiger partial charge in [-0.05, 0) is 36.8 Å². The van der Waals surface area contributed by atoms with Gasteiger partial charge in [-0.25, -0.2) is 0 Å². The van der Waals surface area contributed by atoms with Gasteiger partial charge in [0.2, 0.25) is 5.91 Å². The number of anilines is 1. The summed E-state index contributed by atoms with van der Waals surface area (Å²) in [6, 6.07) is 7.10. The molecule has 2 unspecified atom stereocenters. The van der Waals surface area contributed by atoms with Crippen LogP contribution in [0.2, 0.25) is 0 Å². The molecule has 0 bridgehead atoms. The highest BCUT2D eigenvalue weighted by Crippen LogP contribution is 2.57. The topological polar surface area (TPSA) is 84.2 Å². The van der Waals surface area contributed by atoms with Gasteiger partial charge in [0, 0.05) is 19.0 Å². The number of amides is 2. The largest absolute Gasteiger partial charge is 0.351 e. The van der Waals surface area contributed by atoms with E-state index in [2.05, 4.69) is 10.6 Å². The van der Waals surface area contributed by atoms with Crippen LogP contribution >= 0.6 is 12.4 Å². The molecule has 2 amide bonds. The third-order valence-corrected chi connectivity index (χ3v) is 4.57. The Morgan fingerprint density at radius 2 is 1.86 bits per heavy atom. The van der Waals surface area contributed by atoms with Crippen molar-refractivity contribution in [2.45, 2.75) is 19.3 Å². The molecule has 2 aliphatic carbocycles. The van der Waals surface area contributed by atoms with Gasteiger partial charge in [0.1, 0.15) is 0 Å². The molecule has 22 heavy (non-hydrogen) atoms. The summed E-state index contributed by atoms with van der Waals surface area (Å²) in [5.41, 5.74) is 6.47. The van der Waals surface area contributed by atoms with E-state index in [-0.39, 0.29) is 30.1 Å². The van der Waals surface area contributed by atoms with Crippen molar-refractivity contribution in [1.29, 1.82) is 0 Å². The van der Waals surface area contributed by atoms with Gasteiger partial charge in [-0.2, -0.15) is 0 Å². The van der Waals surface area contributed by atoms with Gasteiger partial charge in [0.25, 0.3) is 5.91 Å². The highest BCUT2D eigenvalue weighted by atomic mass is 35.5. The van der Waals surface area contributed by atoms with Crippen LogP contribution in [-0.4, -0.2) is 24.9 Å². The molecule has 6 heteroatoms. The molecule has 0 aromatic heterocycles. The summed E-state index contributed by atoms with van der Waals surface area (Å²) in [7, 11) is 0. The molecule has 0 spiro atoms. The molecule has 0 saturated heterocycles. The number of halogens is 1. The lowest BCUT2D eigenvalue weighted by Crippen LogP contribution is -2.30. The average molecular weight is 324 g/mol. The lowest BCUT2D eigenvalue weighted by molar-refractivity contribution is -0.118. The number of para-hydroxylation sites is 1. The summed E-state index contributed by atoms with van der Waals surface area (Å²) >= 11 is 0. The number of carbonyl (C=O) groups excluding carboxylic acids is 2. The molecule has 2 fully saturated rings. The van der Waals surface area contributed by atoms with Crippen molar-refractivity contribution >= 4 is 29.9 Å². The Kier molecular flexibility index (Phi) is 5.42. The maximum atomic E-state index is 12.3. The highest BCUT2D eigenvalue weighted by molar-refractivity contribution is 6.04. The van der Waals surface area contributed by atoms with Gasteiger partial charge in [-0.1, -0.05) is 18.6 Å². The van der Waals surface area contributed by atoms with Crippen molar-refractivity contribution in [2.75, 3.05) is 18.4 Å². The summed E-state index contributed by atoms with van der Waals surface area (Å²) < 4.78 is 0. The van der Waals surface area contributed by atoms with E-state index in [1.165, 1.54) is 19.3 Å². The van der Waals surface area contributed by atoms with Crippen molar-refractivity contribution in [3.05, 3.63) is 29.8 Å². The molecule has 1 aromatic rings. The van der Waals surface area contributed by atoms with Crippen LogP contribution in [0.25, 0.3) is 0 Å². The van der Waals surface area contributed by atoms with E-state index in [4.69, 9.17) is 5.73 Å². The number of nitrogens with two attached hydrogens (primary N) is 1. The van der Waals surface area contributed by atoms with E-state index in [9.17, 15) is 9.59 Å². The maximum Gasteiger partial charge on any atom is 0.253 e. The maximum absolute atomic E-state index is 12.3. The number of rotatable bonds is 5. The minimum Gasteiger partial charge on any atom is -0.351 e. The molecule has 4 N–H and O–H groups in total. The highest BCUT2D eigenvalue weighted by Gasteiger charge is 2.56. The van der Waals surface area contributed by atoms with Crippen LogP contribution < -0.4 is 16.4 Å². The number of benzene rings is 1. The molecular weight excluding hydrogens is 302 g/mol. The third-order valence-electron chi connectivity index (χ3n) is 4.57. The van der Waals surface area contributed by atoms with Crippen LogP contribution in [0.3, 0.4) is 0 Å². The van der Waals surface area contributed by atoms with Gasteiger partial charge < -0.3 is 16.4 Å². The van der Waals surface area contributed by atoms with Crippen LogP contribution in [0, 0.1) is 17.8 Å². The molecule has 0 aliphatic heterocycles. The molecule has 1 aromatic carbocycles. The van der Waals surface area contributed by atoms with Crippen LogP contribution in [-0.2, 0) is 4.79 Å². The van der Waals surface area contributed by atoms with Crippen LogP contribution in [0.1, 0.15) is 29.6 Å². The molecule has 0 radical (unpaired) electrons. The average Bonchev–Trinajstić information content (AvgIpc) is 2.99. The molecule has 2 atom stereocenters. The molecule has 3 rings (SSSR count). The fraction of sp³-hybridized carbons (Fsp3) is 0.500. The van der Waals surface area contributed by atoms with E-state index in [0.717, 1.165) is 0 Å². The zero-order valence-electron chi connectivity index (χ0n) is 12.4. The van der Waals surface area contributed by atoms with E-state index in [1.54, 1.807) is 18.2 Å². The van der Waals surface area contributed by atoms with Crippen LogP contribution in [0.4, 0.5) is 5.69 Å². The minimum atomic E-state index is -0.202. The molecule has 0 heterocycles. The Morgan fingerprint density at radius 1 is 1.18 bits per heavy atom. The summed E-state index contributed by atoms with van der Waals surface area (Å²) in [5, 5.41) is 5.66. The second-order valence-electron chi connectivity index (χ2n) is 5.86. The Morgan fingerprint density at radius 3 is 2.55 bits per heavy atom. The SMILES string of the molecule is Cl.NCCNC(=O)c1ccccc1NC(=O)C1C2CCCC21. The second-order valence-corrected chi connectivity index (χ2v) is 5.86. The van der Waals surface area contributed by atoms with Crippen molar-refractivity contribution in [3.8, 4) is 0 Å². The summed E-state index contributed by atoms with van der Waals surface area (Å²) in [5.74, 6) is 1.15. The Hall–Kier alpha value is -1.59. The zero-order valence-corrected chi connectivity index (χ0v) is 13.2. The number of hydrogen-bond acceptors (Lipinski definition) is 3. The van der Waals surface area contributed by atoms with Crippen molar-refractivity contribution in [3.63, 3.8) is 0 Å². The van der Waals surface area contributed by atoms with Crippen LogP contribution in [0.5, 0.6) is 0 Å². The Balaban J connectivity index is 0.00000176. The first-order valence-electron chi connectivity index (χ1n) is 7.60. The zero-order chi connectivity index (χ0) is 14.8. The third kappa shape index (κ3) is 3.25. The predicted octanol–water partition coefficient (Wildman–Crippen LogP) is 1.78. The summed E-state index contributed by atoms with van der Waals surface area (Å²) in [6.45, 7) is 0.819. The molecule has 2 aliphatic rings. The lowest BCUT2D eigenvalue weighted by atomic mass is 10.1. The summed E-state index contributed by atoms with van der Waals surface area (Å²) in [4.78, 5) is 24.4. The van der Waals surface area contributed by atoms with E-state index in [0.29, 0.717) is 36.2 Å². The van der Waals surface area contributed by atoms with Crippen molar-refractivity contribution in [2.24, 2.45) is 23.5 Å². The fourth-order valence-electron chi connectivity index (χ4n) is 3.50. The van der Waals surface area contributed by atoms with Gasteiger partial charge in [-0.3, -0.25) is 9.59 Å². The van der Waals surface area contributed by atoms with Gasteiger partial charge >= 0.3 is 0 Å². The molecule has 5 nitrogen and oxygen atoms in total. The van der Waals surface area contributed by atoms with E-state index in [1.807, 2.05) is 6.07 Å². The monoisotopic (exact) mass is 323 g/mol. The molecule has 2 saturated carbocycles. The summed E-state index contributed by atoms with van der Waals surface area (Å²) in [6.07, 6.45) is 3.58. The molecule has 120 valence electrons. The number of nitrogens with one attached hydrogen (secondary N) is 2. The quantitative estimate of drug-likeness (QED) is 0.772. The number of carbonyl (C=O) groups is 2. The van der Waals surface area contributed by atoms with Gasteiger partial charge in [0.15, 0.2) is 0 Å². The first-order valence-corrected chi connectivity index (χ1v) is 7.60. The predicted molar refractivity (Wildman–Crippen MR) is 88.0 cm³/mol. The molecular formula is C16H22ClN3O2. The van der Waals surface area contributed by atoms with Gasteiger partial charge in [0.05, 0.1) is 11.3 Å². The lowest BCUT2D eigenvalue weighted by Gasteiger charge is -2.11. The van der Waals surface area contributed by atoms with Gasteiger partial charge in [-0.15, -0.1) is 12.4 Å². The standard InChI is InChI=1S/C16H21N3O2.ClH/c17-8-9-18-15(20)12-4-1-2-7-13(12)19-16(21)14-10-5-3-6-11(10)14;/h1-2,4,7,10-11,14H,3,5-6,8-9,17H2,(H,18,20)(H,19,21);1H. The first kappa shape index (κ1) is 16.8. The van der Waals surface area contributed by atoms with Crippen LogP contribution in [0.15, 0.2) is 24.3 Å². The van der Waals surface area contributed by atoms with Crippen molar-refractivity contribution in [1.82, 2.24) is 5.32 Å². The number of fused-ring (bicyclic) bond motifs is 1. The Labute approximate surface area is 136 Å². The second kappa shape index (κ2) is 7.11. The van der Waals surface area contributed by atoms with E-state index >= 15 is 0 Å².